The number of hydrogen-bond acceptors (Lipinski definition) is 5. The Kier molecular flexibility index (Phi) is 5.61. The fourth-order valence-corrected chi connectivity index (χ4v) is 4.22. The minimum atomic E-state index is -0.234. The van der Waals surface area contributed by atoms with E-state index in [1.807, 2.05) is 6.21 Å². The maximum Gasteiger partial charge on any atom is 0.231 e. The molecule has 1 atom stereocenters. The molecule has 4 nitrogen and oxygen atoms in total. The second-order valence-electron chi connectivity index (χ2n) is 6.23. The van der Waals surface area contributed by atoms with Crippen LogP contribution in [0.15, 0.2) is 33.9 Å². The van der Waals surface area contributed by atoms with Gasteiger partial charge in [-0.05, 0) is 18.6 Å². The minimum Gasteiger partial charge on any atom is -0.288 e. The Morgan fingerprint density at radius 1 is 1.08 bits per heavy atom. The van der Waals surface area contributed by atoms with Crippen molar-refractivity contribution >= 4 is 29.5 Å². The molecule has 1 aliphatic heterocycles. The molecule has 0 radical (unpaired) electrons. The second-order valence-corrected chi connectivity index (χ2v) is 7.48. The molecule has 2 heterocycles. The molecule has 1 aliphatic carbocycles. The lowest BCUT2D eigenvalue weighted by atomic mass is 9.97. The fourth-order valence-electron chi connectivity index (χ4n) is 3.04. The van der Waals surface area contributed by atoms with Crippen LogP contribution in [0.5, 0.6) is 0 Å². The molecule has 2 aliphatic rings. The summed E-state index contributed by atoms with van der Waals surface area (Å²) >= 11 is 1.49. The average molecular weight is 342 g/mol. The van der Waals surface area contributed by atoms with Crippen molar-refractivity contribution in [2.75, 3.05) is 0 Å². The minimum absolute atomic E-state index is 0.109. The number of allylic oxidation sites excluding steroid dienone is 2. The van der Waals surface area contributed by atoms with E-state index in [-0.39, 0.29) is 28.2 Å². The molecular weight excluding hydrogens is 320 g/mol. The van der Waals surface area contributed by atoms with Gasteiger partial charge in [-0.2, -0.15) is 0 Å². The highest BCUT2D eigenvalue weighted by molar-refractivity contribution is 8.05. The van der Waals surface area contributed by atoms with E-state index in [1.165, 1.54) is 50.1 Å². The Balaban J connectivity index is 1.61. The normalized spacial score (nSPS) is 19.5. The summed E-state index contributed by atoms with van der Waals surface area (Å²) < 4.78 is 0. The zero-order valence-corrected chi connectivity index (χ0v) is 14.8. The maximum atomic E-state index is 12.6. The van der Waals surface area contributed by atoms with Gasteiger partial charge in [0.15, 0.2) is 0 Å². The Morgan fingerprint density at radius 2 is 1.88 bits per heavy atom. The largest absolute Gasteiger partial charge is 0.288 e. The number of aliphatic imine (C=N–C) groups is 1. The van der Waals surface area contributed by atoms with Gasteiger partial charge in [-0.3, -0.25) is 19.6 Å². The summed E-state index contributed by atoms with van der Waals surface area (Å²) in [5.41, 5.74) is 0.910. The molecule has 1 aromatic rings. The molecular formula is C19H22N2O2S. The van der Waals surface area contributed by atoms with Crippen molar-refractivity contribution in [1.29, 1.82) is 0 Å². The Bertz CT molecular complexity index is 709. The van der Waals surface area contributed by atoms with E-state index in [2.05, 4.69) is 16.9 Å². The van der Waals surface area contributed by atoms with Crippen molar-refractivity contribution < 1.29 is 9.59 Å². The molecule has 1 unspecified atom stereocenters. The van der Waals surface area contributed by atoms with Crippen LogP contribution in [-0.2, 0) is 0 Å². The van der Waals surface area contributed by atoms with E-state index in [0.717, 1.165) is 12.8 Å². The van der Waals surface area contributed by atoms with Crippen LogP contribution in [0.4, 0.5) is 0 Å². The van der Waals surface area contributed by atoms with Gasteiger partial charge in [0.1, 0.15) is 11.4 Å². The number of fused-ring (bicyclic) bond motifs is 1. The highest BCUT2D eigenvalue weighted by Gasteiger charge is 2.36. The number of Topliss-reactive ketones (excluding diaryl/α,β-unsaturated/α-hetero) is 2. The third-order valence-corrected chi connectivity index (χ3v) is 5.66. The van der Waals surface area contributed by atoms with E-state index < -0.39 is 0 Å². The SMILES string of the molecule is CCCCCCCCC1C=NC2=C(S1)C(=O)c1cccnc1C2=O. The molecule has 5 heteroatoms. The molecule has 1 aromatic heterocycles. The lowest BCUT2D eigenvalue weighted by Crippen LogP contribution is -2.25. The van der Waals surface area contributed by atoms with Gasteiger partial charge >= 0.3 is 0 Å². The van der Waals surface area contributed by atoms with Crippen LogP contribution in [-0.4, -0.2) is 28.0 Å². The molecule has 0 amide bonds. The molecule has 24 heavy (non-hydrogen) atoms. The first kappa shape index (κ1) is 17.1. The number of carbonyl (C=O) groups is 2. The highest BCUT2D eigenvalue weighted by atomic mass is 32.2. The first-order valence-electron chi connectivity index (χ1n) is 8.72. The summed E-state index contributed by atoms with van der Waals surface area (Å²) in [6, 6.07) is 3.37. The molecule has 0 fully saturated rings. The van der Waals surface area contributed by atoms with Gasteiger partial charge in [0.05, 0.1) is 10.5 Å². The number of pyridine rings is 1. The van der Waals surface area contributed by atoms with E-state index in [1.54, 1.807) is 12.1 Å². The van der Waals surface area contributed by atoms with Gasteiger partial charge in [0.25, 0.3) is 0 Å². The topological polar surface area (TPSA) is 59.4 Å². The third-order valence-electron chi connectivity index (χ3n) is 4.39. The van der Waals surface area contributed by atoms with E-state index in [4.69, 9.17) is 0 Å². The lowest BCUT2D eigenvalue weighted by Gasteiger charge is -2.23. The molecule has 0 bridgehead atoms. The van der Waals surface area contributed by atoms with Crippen molar-refractivity contribution in [3.05, 3.63) is 40.2 Å². The van der Waals surface area contributed by atoms with Crippen LogP contribution in [0.2, 0.25) is 0 Å². The lowest BCUT2D eigenvalue weighted by molar-refractivity contribution is 0.0976. The van der Waals surface area contributed by atoms with Crippen molar-refractivity contribution in [2.45, 2.75) is 57.1 Å². The number of rotatable bonds is 7. The summed E-state index contributed by atoms with van der Waals surface area (Å²) in [4.78, 5) is 34.0. The smallest absolute Gasteiger partial charge is 0.231 e. The van der Waals surface area contributed by atoms with Gasteiger partial charge in [0.2, 0.25) is 11.6 Å². The molecule has 0 N–H and O–H groups in total. The van der Waals surface area contributed by atoms with Gasteiger partial charge in [-0.15, -0.1) is 11.8 Å². The number of aromatic nitrogens is 1. The number of hydrogen-bond donors (Lipinski definition) is 0. The average Bonchev–Trinajstić information content (AvgIpc) is 2.62. The molecule has 0 spiro atoms. The summed E-state index contributed by atoms with van der Waals surface area (Å²) in [5, 5.41) is 0.185. The molecule has 3 rings (SSSR count). The first-order chi connectivity index (χ1) is 11.7. The monoisotopic (exact) mass is 342 g/mol. The zero-order valence-electron chi connectivity index (χ0n) is 14.0. The predicted molar refractivity (Wildman–Crippen MR) is 97.8 cm³/mol. The van der Waals surface area contributed by atoms with Gasteiger partial charge in [0, 0.05) is 17.7 Å². The predicted octanol–water partition coefficient (Wildman–Crippen LogP) is 4.61. The van der Waals surface area contributed by atoms with Crippen molar-refractivity contribution in [3.63, 3.8) is 0 Å². The Hall–Kier alpha value is -1.75. The van der Waals surface area contributed by atoms with Crippen molar-refractivity contribution in [1.82, 2.24) is 4.98 Å². The number of nitrogens with zero attached hydrogens (tertiary/aromatic N) is 2. The molecule has 0 aromatic carbocycles. The van der Waals surface area contributed by atoms with Crippen LogP contribution in [0, 0.1) is 0 Å². The highest BCUT2D eigenvalue weighted by Crippen LogP contribution is 2.38. The Morgan fingerprint density at radius 3 is 2.71 bits per heavy atom. The van der Waals surface area contributed by atoms with E-state index in [0.29, 0.717) is 10.5 Å². The van der Waals surface area contributed by atoms with Gasteiger partial charge in [-0.1, -0.05) is 45.4 Å². The molecule has 0 saturated carbocycles. The summed E-state index contributed by atoms with van der Waals surface area (Å²) in [7, 11) is 0. The number of thioether (sulfide) groups is 1. The first-order valence-corrected chi connectivity index (χ1v) is 9.60. The van der Waals surface area contributed by atoms with E-state index >= 15 is 0 Å². The van der Waals surface area contributed by atoms with Gasteiger partial charge in [-0.25, -0.2) is 0 Å². The van der Waals surface area contributed by atoms with Crippen molar-refractivity contribution in [3.8, 4) is 0 Å². The maximum absolute atomic E-state index is 12.6. The number of unbranched alkanes of at least 4 members (excludes halogenated alkanes) is 5. The summed E-state index contributed by atoms with van der Waals surface area (Å²) in [6.45, 7) is 2.22. The number of carbonyl (C=O) groups excluding carboxylic acids is 2. The Labute approximate surface area is 146 Å². The second kappa shape index (κ2) is 7.88. The van der Waals surface area contributed by atoms with E-state index in [9.17, 15) is 9.59 Å². The van der Waals surface area contributed by atoms with Crippen LogP contribution in [0.25, 0.3) is 0 Å². The standard InChI is InChI=1S/C19H22N2O2S/c1-2-3-4-5-6-7-9-13-12-21-16-18(23)15-14(10-8-11-20-15)17(22)19(16)24-13/h8,10-13H,2-7,9H2,1H3. The molecule has 0 saturated heterocycles. The van der Waals surface area contributed by atoms with Gasteiger partial charge < -0.3 is 0 Å². The number of ketones is 2. The van der Waals surface area contributed by atoms with Crippen LogP contribution >= 0.6 is 11.8 Å². The van der Waals surface area contributed by atoms with Crippen LogP contribution < -0.4 is 0 Å². The fraction of sp³-hybridized carbons (Fsp3) is 0.474. The quantitative estimate of drug-likeness (QED) is 0.679. The molecule has 126 valence electrons. The van der Waals surface area contributed by atoms with Crippen LogP contribution in [0.3, 0.4) is 0 Å². The zero-order chi connectivity index (χ0) is 16.9. The summed E-state index contributed by atoms with van der Waals surface area (Å²) in [5.74, 6) is -0.343. The van der Waals surface area contributed by atoms with Crippen LogP contribution in [0.1, 0.15) is 72.7 Å². The van der Waals surface area contributed by atoms with Crippen molar-refractivity contribution in [2.24, 2.45) is 4.99 Å². The third kappa shape index (κ3) is 3.51. The summed E-state index contributed by atoms with van der Waals surface area (Å²) in [6.07, 6.45) is 11.9.